The number of nitrogens with one attached hydrogen (secondary N) is 2. The van der Waals surface area contributed by atoms with Gasteiger partial charge in [0.05, 0.1) is 24.4 Å². The maximum atomic E-state index is 13.3. The van der Waals surface area contributed by atoms with Gasteiger partial charge in [-0.25, -0.2) is 14.4 Å². The standard InChI is InChI=1S/C22H27FN6O/c1-15(2)25-21-20-19(8-7-18(26-20)16-3-5-17(23)6-4-16)27-22(28-21)24-9-10-29-11-13-30-14-12-29/h3-8,15H,9-14H2,1-2H3,(H2,24,25,27,28). The predicted molar refractivity (Wildman–Crippen MR) is 117 cm³/mol. The van der Waals surface area contributed by atoms with E-state index in [-0.39, 0.29) is 11.9 Å². The molecule has 1 aromatic carbocycles. The average Bonchev–Trinajstić information content (AvgIpc) is 2.74. The summed E-state index contributed by atoms with van der Waals surface area (Å²) in [6.45, 7) is 9.28. The van der Waals surface area contributed by atoms with Gasteiger partial charge in [-0.05, 0) is 50.2 Å². The minimum atomic E-state index is -0.266. The van der Waals surface area contributed by atoms with Crippen molar-refractivity contribution in [3.05, 3.63) is 42.2 Å². The zero-order valence-corrected chi connectivity index (χ0v) is 17.4. The second-order valence-electron chi connectivity index (χ2n) is 7.65. The van der Waals surface area contributed by atoms with Crippen LogP contribution in [0.3, 0.4) is 0 Å². The van der Waals surface area contributed by atoms with E-state index in [0.29, 0.717) is 17.3 Å². The molecule has 0 amide bonds. The van der Waals surface area contributed by atoms with Crippen molar-refractivity contribution in [1.29, 1.82) is 0 Å². The van der Waals surface area contributed by atoms with Crippen molar-refractivity contribution in [2.24, 2.45) is 0 Å². The van der Waals surface area contributed by atoms with E-state index in [4.69, 9.17) is 9.72 Å². The fraction of sp³-hybridized carbons (Fsp3) is 0.409. The molecule has 0 aliphatic carbocycles. The normalized spacial score (nSPS) is 14.9. The molecule has 158 valence electrons. The largest absolute Gasteiger partial charge is 0.379 e. The highest BCUT2D eigenvalue weighted by molar-refractivity contribution is 5.88. The monoisotopic (exact) mass is 410 g/mol. The summed E-state index contributed by atoms with van der Waals surface area (Å²) in [4.78, 5) is 16.4. The highest BCUT2D eigenvalue weighted by Crippen LogP contribution is 2.25. The van der Waals surface area contributed by atoms with E-state index in [1.165, 1.54) is 12.1 Å². The molecule has 0 unspecified atom stereocenters. The minimum Gasteiger partial charge on any atom is -0.379 e. The van der Waals surface area contributed by atoms with Crippen molar-refractivity contribution in [2.45, 2.75) is 19.9 Å². The van der Waals surface area contributed by atoms with E-state index in [1.807, 2.05) is 12.1 Å². The smallest absolute Gasteiger partial charge is 0.225 e. The maximum absolute atomic E-state index is 13.3. The molecule has 1 saturated heterocycles. The molecule has 2 N–H and O–H groups in total. The average molecular weight is 410 g/mol. The quantitative estimate of drug-likeness (QED) is 0.618. The number of ether oxygens (including phenoxy) is 1. The number of pyridine rings is 1. The second kappa shape index (κ2) is 9.32. The predicted octanol–water partition coefficient (Wildman–Crippen LogP) is 3.40. The summed E-state index contributed by atoms with van der Waals surface area (Å²) >= 11 is 0. The van der Waals surface area contributed by atoms with Gasteiger partial charge in [0.15, 0.2) is 5.82 Å². The number of fused-ring (bicyclic) bond motifs is 1. The molecule has 3 aromatic rings. The fourth-order valence-corrected chi connectivity index (χ4v) is 3.40. The Labute approximate surface area is 175 Å². The molecule has 0 radical (unpaired) electrons. The Morgan fingerprint density at radius 3 is 2.53 bits per heavy atom. The van der Waals surface area contributed by atoms with Crippen LogP contribution in [-0.4, -0.2) is 65.3 Å². The molecule has 7 nitrogen and oxygen atoms in total. The summed E-state index contributed by atoms with van der Waals surface area (Å²) in [5.74, 6) is 1.00. The SMILES string of the molecule is CC(C)Nc1nc(NCCN2CCOCC2)nc2ccc(-c3ccc(F)cc3)nc12. The van der Waals surface area contributed by atoms with Crippen molar-refractivity contribution in [1.82, 2.24) is 19.9 Å². The van der Waals surface area contributed by atoms with E-state index >= 15 is 0 Å². The number of morpholine rings is 1. The van der Waals surface area contributed by atoms with Crippen molar-refractivity contribution < 1.29 is 9.13 Å². The van der Waals surface area contributed by atoms with Crippen LogP contribution < -0.4 is 10.6 Å². The lowest BCUT2D eigenvalue weighted by Gasteiger charge is -2.26. The van der Waals surface area contributed by atoms with E-state index in [0.717, 1.165) is 56.2 Å². The molecule has 1 aliphatic heterocycles. The van der Waals surface area contributed by atoms with Crippen LogP contribution in [0.25, 0.3) is 22.3 Å². The Bertz CT molecular complexity index is 989. The van der Waals surface area contributed by atoms with Crippen LogP contribution in [0.4, 0.5) is 16.2 Å². The number of halogens is 1. The Kier molecular flexibility index (Phi) is 6.35. The van der Waals surface area contributed by atoms with E-state index in [9.17, 15) is 4.39 Å². The van der Waals surface area contributed by atoms with Crippen LogP contribution in [0, 0.1) is 5.82 Å². The van der Waals surface area contributed by atoms with Gasteiger partial charge in [0, 0.05) is 37.8 Å². The summed E-state index contributed by atoms with van der Waals surface area (Å²) in [6, 6.07) is 10.4. The minimum absolute atomic E-state index is 0.195. The summed E-state index contributed by atoms with van der Waals surface area (Å²) in [7, 11) is 0. The summed E-state index contributed by atoms with van der Waals surface area (Å²) in [6.07, 6.45) is 0. The van der Waals surface area contributed by atoms with Gasteiger partial charge in [0.1, 0.15) is 11.3 Å². The van der Waals surface area contributed by atoms with Gasteiger partial charge in [-0.3, -0.25) is 4.90 Å². The van der Waals surface area contributed by atoms with Gasteiger partial charge in [-0.1, -0.05) is 0 Å². The summed E-state index contributed by atoms with van der Waals surface area (Å²) in [5, 5.41) is 6.71. The van der Waals surface area contributed by atoms with Gasteiger partial charge in [-0.15, -0.1) is 0 Å². The van der Waals surface area contributed by atoms with Crippen molar-refractivity contribution in [3.8, 4) is 11.3 Å². The van der Waals surface area contributed by atoms with E-state index in [1.54, 1.807) is 12.1 Å². The number of benzene rings is 1. The maximum Gasteiger partial charge on any atom is 0.225 e. The summed E-state index contributed by atoms with van der Waals surface area (Å²) < 4.78 is 18.7. The Hall–Kier alpha value is -2.84. The molecule has 0 atom stereocenters. The molecule has 0 spiro atoms. The molecule has 30 heavy (non-hydrogen) atoms. The number of aromatic nitrogens is 3. The van der Waals surface area contributed by atoms with Crippen molar-refractivity contribution >= 4 is 22.8 Å². The highest BCUT2D eigenvalue weighted by Gasteiger charge is 2.13. The molecular weight excluding hydrogens is 383 g/mol. The number of anilines is 2. The summed E-state index contributed by atoms with van der Waals surface area (Å²) in [5.41, 5.74) is 3.06. The molecule has 0 bridgehead atoms. The molecule has 0 saturated carbocycles. The zero-order chi connectivity index (χ0) is 20.9. The third kappa shape index (κ3) is 5.01. The zero-order valence-electron chi connectivity index (χ0n) is 17.4. The van der Waals surface area contributed by atoms with Crippen LogP contribution in [0.1, 0.15) is 13.8 Å². The highest BCUT2D eigenvalue weighted by atomic mass is 19.1. The first kappa shape index (κ1) is 20.4. The fourth-order valence-electron chi connectivity index (χ4n) is 3.40. The van der Waals surface area contributed by atoms with Crippen molar-refractivity contribution in [2.75, 3.05) is 50.0 Å². The van der Waals surface area contributed by atoms with Crippen LogP contribution in [0.2, 0.25) is 0 Å². The van der Waals surface area contributed by atoms with Gasteiger partial charge in [0.2, 0.25) is 5.95 Å². The molecule has 1 aliphatic rings. The van der Waals surface area contributed by atoms with E-state index < -0.39 is 0 Å². The van der Waals surface area contributed by atoms with Gasteiger partial charge in [0.25, 0.3) is 0 Å². The van der Waals surface area contributed by atoms with E-state index in [2.05, 4.69) is 39.3 Å². The first-order valence-corrected chi connectivity index (χ1v) is 10.3. The molecular formula is C22H27FN6O. The van der Waals surface area contributed by atoms with Crippen LogP contribution >= 0.6 is 0 Å². The number of hydrogen-bond donors (Lipinski definition) is 2. The van der Waals surface area contributed by atoms with Gasteiger partial charge >= 0.3 is 0 Å². The Balaban J connectivity index is 1.58. The number of rotatable bonds is 7. The van der Waals surface area contributed by atoms with Gasteiger partial charge < -0.3 is 15.4 Å². The van der Waals surface area contributed by atoms with Crippen LogP contribution in [-0.2, 0) is 4.74 Å². The molecule has 3 heterocycles. The first-order chi connectivity index (χ1) is 14.6. The van der Waals surface area contributed by atoms with Crippen LogP contribution in [0.15, 0.2) is 36.4 Å². The molecule has 8 heteroatoms. The lowest BCUT2D eigenvalue weighted by atomic mass is 10.1. The third-order valence-corrected chi connectivity index (χ3v) is 4.92. The van der Waals surface area contributed by atoms with Crippen LogP contribution in [0.5, 0.6) is 0 Å². The lowest BCUT2D eigenvalue weighted by Crippen LogP contribution is -2.39. The number of nitrogens with zero attached hydrogens (tertiary/aromatic N) is 4. The second-order valence-corrected chi connectivity index (χ2v) is 7.65. The topological polar surface area (TPSA) is 75.2 Å². The molecule has 4 rings (SSSR count). The number of hydrogen-bond acceptors (Lipinski definition) is 7. The Morgan fingerprint density at radius 1 is 1.03 bits per heavy atom. The lowest BCUT2D eigenvalue weighted by molar-refractivity contribution is 0.0398. The molecule has 1 fully saturated rings. The van der Waals surface area contributed by atoms with Crippen molar-refractivity contribution in [3.63, 3.8) is 0 Å². The van der Waals surface area contributed by atoms with Gasteiger partial charge in [-0.2, -0.15) is 4.98 Å². The third-order valence-electron chi connectivity index (χ3n) is 4.92. The Morgan fingerprint density at radius 2 is 1.80 bits per heavy atom. The molecule has 2 aromatic heterocycles. The first-order valence-electron chi connectivity index (χ1n) is 10.3.